The summed E-state index contributed by atoms with van der Waals surface area (Å²) < 4.78 is 28.4. The van der Waals surface area contributed by atoms with E-state index in [9.17, 15) is 8.42 Å². The normalized spacial score (nSPS) is 18.1. The molecule has 1 fully saturated rings. The first-order valence-corrected chi connectivity index (χ1v) is 9.53. The van der Waals surface area contributed by atoms with Crippen LogP contribution in [-0.2, 0) is 10.0 Å². The minimum absolute atomic E-state index is 0.313. The third-order valence-electron chi connectivity index (χ3n) is 2.94. The summed E-state index contributed by atoms with van der Waals surface area (Å²) in [7, 11) is -3.41. The number of hydrogen-bond acceptors (Lipinski definition) is 4. The molecule has 1 aliphatic heterocycles. The predicted octanol–water partition coefficient (Wildman–Crippen LogP) is 2.55. The average Bonchev–Trinajstić information content (AvgIpc) is 2.68. The Morgan fingerprint density at radius 1 is 1.39 bits per heavy atom. The summed E-state index contributed by atoms with van der Waals surface area (Å²) in [4.78, 5) is 0.313. The van der Waals surface area contributed by atoms with E-state index in [1.54, 1.807) is 6.07 Å². The first-order chi connectivity index (χ1) is 8.49. The van der Waals surface area contributed by atoms with Gasteiger partial charge in [0.2, 0.25) is 10.0 Å². The predicted molar refractivity (Wildman–Crippen MR) is 80.5 cm³/mol. The quantitative estimate of drug-likeness (QED) is 0.791. The van der Waals surface area contributed by atoms with Gasteiger partial charge in [-0.1, -0.05) is 0 Å². The molecule has 2 heterocycles. The molecule has 1 saturated heterocycles. The molecule has 1 aromatic heterocycles. The molecule has 2 rings (SSSR count). The SMILES string of the molecule is O=S(=O)(NCC1CCNCC1)c1cc(Br)sc1Br. The molecule has 1 aromatic rings. The highest BCUT2D eigenvalue weighted by molar-refractivity contribution is 9.12. The Balaban J connectivity index is 2.01. The van der Waals surface area contributed by atoms with E-state index in [1.807, 2.05) is 0 Å². The van der Waals surface area contributed by atoms with Crippen molar-refractivity contribution in [3.05, 3.63) is 13.6 Å². The molecule has 0 unspecified atom stereocenters. The molecular formula is C10H14Br2N2O2S2. The Bertz CT molecular complexity index is 510. The van der Waals surface area contributed by atoms with Gasteiger partial charge in [0, 0.05) is 6.54 Å². The molecule has 0 spiro atoms. The summed E-state index contributed by atoms with van der Waals surface area (Å²) in [6.45, 7) is 2.46. The van der Waals surface area contributed by atoms with Crippen LogP contribution in [0.5, 0.6) is 0 Å². The molecule has 8 heteroatoms. The fraction of sp³-hybridized carbons (Fsp3) is 0.600. The zero-order chi connectivity index (χ0) is 13.2. The maximum atomic E-state index is 12.1. The summed E-state index contributed by atoms with van der Waals surface area (Å²) in [6, 6.07) is 1.62. The lowest BCUT2D eigenvalue weighted by Gasteiger charge is -2.22. The smallest absolute Gasteiger partial charge is 0.242 e. The van der Waals surface area contributed by atoms with Crippen LogP contribution in [0.4, 0.5) is 0 Å². The summed E-state index contributed by atoms with van der Waals surface area (Å²) in [5.74, 6) is 0.432. The van der Waals surface area contributed by atoms with Crippen molar-refractivity contribution in [1.29, 1.82) is 0 Å². The van der Waals surface area contributed by atoms with E-state index < -0.39 is 10.0 Å². The molecule has 0 saturated carbocycles. The second-order valence-corrected chi connectivity index (χ2v) is 9.72. The third-order valence-corrected chi connectivity index (χ3v) is 7.11. The van der Waals surface area contributed by atoms with Gasteiger partial charge in [0.25, 0.3) is 0 Å². The standard InChI is InChI=1S/C10H14Br2N2O2S2/c11-9-5-8(10(12)17-9)18(15,16)14-6-7-1-3-13-4-2-7/h5,7,13-14H,1-4,6H2. The van der Waals surface area contributed by atoms with E-state index in [0.29, 0.717) is 21.1 Å². The fourth-order valence-corrected chi connectivity index (χ4v) is 6.83. The van der Waals surface area contributed by atoms with E-state index in [-0.39, 0.29) is 0 Å². The lowest BCUT2D eigenvalue weighted by Crippen LogP contribution is -2.35. The molecule has 2 N–H and O–H groups in total. The van der Waals surface area contributed by atoms with Gasteiger partial charge >= 0.3 is 0 Å². The van der Waals surface area contributed by atoms with Crippen molar-refractivity contribution in [1.82, 2.24) is 10.0 Å². The minimum Gasteiger partial charge on any atom is -0.317 e. The maximum absolute atomic E-state index is 12.1. The fourth-order valence-electron chi connectivity index (χ4n) is 1.90. The van der Waals surface area contributed by atoms with Gasteiger partial charge in [0.05, 0.1) is 7.57 Å². The van der Waals surface area contributed by atoms with Gasteiger partial charge < -0.3 is 5.32 Å². The first kappa shape index (κ1) is 14.9. The zero-order valence-corrected chi connectivity index (χ0v) is 14.4. The number of piperidine rings is 1. The number of halogens is 2. The maximum Gasteiger partial charge on any atom is 0.242 e. The Morgan fingerprint density at radius 3 is 2.61 bits per heavy atom. The summed E-state index contributed by atoms with van der Waals surface area (Å²) in [5, 5.41) is 3.27. The van der Waals surface area contributed by atoms with Crippen LogP contribution in [0.25, 0.3) is 0 Å². The van der Waals surface area contributed by atoms with Crippen LogP contribution in [0.2, 0.25) is 0 Å². The molecule has 0 aromatic carbocycles. The second kappa shape index (κ2) is 6.32. The highest BCUT2D eigenvalue weighted by atomic mass is 79.9. The Labute approximate surface area is 128 Å². The van der Waals surface area contributed by atoms with Gasteiger partial charge in [-0.2, -0.15) is 0 Å². The van der Waals surface area contributed by atoms with Crippen LogP contribution < -0.4 is 10.0 Å². The highest BCUT2D eigenvalue weighted by Gasteiger charge is 2.22. The molecule has 0 radical (unpaired) electrons. The Morgan fingerprint density at radius 2 is 2.06 bits per heavy atom. The number of nitrogens with one attached hydrogen (secondary N) is 2. The number of hydrogen-bond donors (Lipinski definition) is 2. The van der Waals surface area contributed by atoms with E-state index in [2.05, 4.69) is 41.9 Å². The van der Waals surface area contributed by atoms with Gasteiger partial charge in [-0.15, -0.1) is 11.3 Å². The van der Waals surface area contributed by atoms with Gasteiger partial charge in [-0.05, 0) is 69.8 Å². The first-order valence-electron chi connectivity index (χ1n) is 5.64. The average molecular weight is 418 g/mol. The van der Waals surface area contributed by atoms with Gasteiger partial charge in [-0.3, -0.25) is 0 Å². The third kappa shape index (κ3) is 3.77. The molecule has 4 nitrogen and oxygen atoms in total. The topological polar surface area (TPSA) is 58.2 Å². The van der Waals surface area contributed by atoms with Gasteiger partial charge in [-0.25, -0.2) is 13.1 Å². The monoisotopic (exact) mass is 416 g/mol. The van der Waals surface area contributed by atoms with Crippen molar-refractivity contribution in [2.45, 2.75) is 17.7 Å². The second-order valence-electron chi connectivity index (χ2n) is 4.23. The Hall–Kier alpha value is 0.530. The van der Waals surface area contributed by atoms with Crippen molar-refractivity contribution in [3.63, 3.8) is 0 Å². The number of rotatable bonds is 4. The molecule has 0 bridgehead atoms. The molecular weight excluding hydrogens is 404 g/mol. The van der Waals surface area contributed by atoms with E-state index in [1.165, 1.54) is 11.3 Å². The van der Waals surface area contributed by atoms with E-state index >= 15 is 0 Å². The summed E-state index contributed by atoms with van der Waals surface area (Å²) >= 11 is 7.93. The van der Waals surface area contributed by atoms with Crippen molar-refractivity contribution in [2.75, 3.05) is 19.6 Å². The van der Waals surface area contributed by atoms with Crippen molar-refractivity contribution in [2.24, 2.45) is 5.92 Å². The van der Waals surface area contributed by atoms with Gasteiger partial charge in [0.1, 0.15) is 4.90 Å². The van der Waals surface area contributed by atoms with Crippen LogP contribution >= 0.6 is 43.2 Å². The van der Waals surface area contributed by atoms with Crippen molar-refractivity contribution in [3.8, 4) is 0 Å². The lowest BCUT2D eigenvalue weighted by atomic mass is 9.99. The Kier molecular flexibility index (Phi) is 5.24. The van der Waals surface area contributed by atoms with E-state index in [4.69, 9.17) is 0 Å². The number of sulfonamides is 1. The lowest BCUT2D eigenvalue weighted by molar-refractivity contribution is 0.372. The molecule has 0 atom stereocenters. The van der Waals surface area contributed by atoms with Crippen molar-refractivity contribution < 1.29 is 8.42 Å². The summed E-state index contributed by atoms with van der Waals surface area (Å²) in [5.41, 5.74) is 0. The summed E-state index contributed by atoms with van der Waals surface area (Å²) in [6.07, 6.45) is 2.05. The largest absolute Gasteiger partial charge is 0.317 e. The minimum atomic E-state index is -3.41. The molecule has 102 valence electrons. The highest BCUT2D eigenvalue weighted by Crippen LogP contribution is 2.34. The molecule has 18 heavy (non-hydrogen) atoms. The van der Waals surface area contributed by atoms with Crippen LogP contribution in [0.15, 0.2) is 18.5 Å². The molecule has 1 aliphatic rings. The van der Waals surface area contributed by atoms with Gasteiger partial charge in [0.15, 0.2) is 0 Å². The van der Waals surface area contributed by atoms with E-state index in [0.717, 1.165) is 29.7 Å². The van der Waals surface area contributed by atoms with Crippen molar-refractivity contribution >= 4 is 53.2 Å². The molecule has 0 amide bonds. The molecule has 0 aliphatic carbocycles. The number of thiophene rings is 1. The van der Waals surface area contributed by atoms with Crippen LogP contribution in [0, 0.1) is 5.92 Å². The van der Waals surface area contributed by atoms with Crippen LogP contribution in [0.1, 0.15) is 12.8 Å². The van der Waals surface area contributed by atoms with Crippen LogP contribution in [0.3, 0.4) is 0 Å². The van der Waals surface area contributed by atoms with Crippen LogP contribution in [-0.4, -0.2) is 28.1 Å². The zero-order valence-electron chi connectivity index (χ0n) is 9.58.